The number of nitrogens with zero attached hydrogens (tertiary/aromatic N) is 3. The minimum Gasteiger partial charge on any atom is -0.398 e. The first kappa shape index (κ1) is 10.3. The van der Waals surface area contributed by atoms with Gasteiger partial charge in [0.05, 0.1) is 0 Å². The molecular weight excluding hydrogens is 232 g/mol. The molecule has 15 heavy (non-hydrogen) atoms. The number of benzene rings is 1. The molecule has 2 rings (SSSR count). The van der Waals surface area contributed by atoms with Crippen molar-refractivity contribution in [2.45, 2.75) is 10.1 Å². The molecule has 0 spiro atoms. The molecule has 0 fully saturated rings. The van der Waals surface area contributed by atoms with Crippen LogP contribution in [0, 0.1) is 0 Å². The van der Waals surface area contributed by atoms with Gasteiger partial charge in [0, 0.05) is 22.7 Å². The van der Waals surface area contributed by atoms with E-state index in [1.165, 1.54) is 11.8 Å². The van der Waals surface area contributed by atoms with Crippen LogP contribution < -0.4 is 5.73 Å². The Bertz CT molecular complexity index is 483. The molecular formula is C9H9ClN4S. The number of anilines is 1. The van der Waals surface area contributed by atoms with Crippen molar-refractivity contribution >= 4 is 29.1 Å². The van der Waals surface area contributed by atoms with E-state index in [1.807, 2.05) is 17.7 Å². The fourth-order valence-corrected chi connectivity index (χ4v) is 2.14. The van der Waals surface area contributed by atoms with E-state index >= 15 is 0 Å². The molecule has 1 aromatic carbocycles. The Morgan fingerprint density at radius 3 is 2.93 bits per heavy atom. The summed E-state index contributed by atoms with van der Waals surface area (Å²) in [7, 11) is 1.88. The van der Waals surface area contributed by atoms with Gasteiger partial charge in [-0.25, -0.2) is 0 Å². The lowest BCUT2D eigenvalue weighted by atomic mass is 10.3. The third-order valence-electron chi connectivity index (χ3n) is 1.85. The molecule has 6 heteroatoms. The van der Waals surface area contributed by atoms with Gasteiger partial charge in [-0.15, -0.1) is 10.2 Å². The number of aromatic nitrogens is 3. The van der Waals surface area contributed by atoms with Crippen LogP contribution in [0.1, 0.15) is 0 Å². The molecule has 2 N–H and O–H groups in total. The lowest BCUT2D eigenvalue weighted by Gasteiger charge is -2.04. The highest BCUT2D eigenvalue weighted by Gasteiger charge is 2.07. The van der Waals surface area contributed by atoms with Crippen LogP contribution in [0.25, 0.3) is 0 Å². The summed E-state index contributed by atoms with van der Waals surface area (Å²) in [6, 6.07) is 5.36. The van der Waals surface area contributed by atoms with Gasteiger partial charge in [-0.1, -0.05) is 11.6 Å². The Kier molecular flexibility index (Phi) is 2.83. The second-order valence-electron chi connectivity index (χ2n) is 3.01. The standard InChI is InChI=1S/C9H9ClN4S/c1-14-5-12-13-9(14)15-8-4-6(10)2-3-7(8)11/h2-5H,11H2,1H3. The third kappa shape index (κ3) is 2.24. The lowest BCUT2D eigenvalue weighted by Crippen LogP contribution is -1.92. The van der Waals surface area contributed by atoms with Crippen molar-refractivity contribution in [3.63, 3.8) is 0 Å². The van der Waals surface area contributed by atoms with Crippen LogP contribution in [0.2, 0.25) is 5.02 Å². The molecule has 4 nitrogen and oxygen atoms in total. The number of halogens is 1. The Morgan fingerprint density at radius 2 is 2.27 bits per heavy atom. The Labute approximate surface area is 96.4 Å². The average molecular weight is 241 g/mol. The van der Waals surface area contributed by atoms with Crippen molar-refractivity contribution < 1.29 is 0 Å². The van der Waals surface area contributed by atoms with E-state index < -0.39 is 0 Å². The minimum atomic E-state index is 0.661. The minimum absolute atomic E-state index is 0.661. The van der Waals surface area contributed by atoms with Crippen molar-refractivity contribution in [1.29, 1.82) is 0 Å². The zero-order chi connectivity index (χ0) is 10.8. The predicted molar refractivity (Wildman–Crippen MR) is 61.0 cm³/mol. The van der Waals surface area contributed by atoms with Crippen molar-refractivity contribution in [3.05, 3.63) is 29.5 Å². The summed E-state index contributed by atoms with van der Waals surface area (Å²) in [6.45, 7) is 0. The summed E-state index contributed by atoms with van der Waals surface area (Å²) in [5, 5.41) is 9.19. The summed E-state index contributed by atoms with van der Waals surface area (Å²) in [4.78, 5) is 0.888. The van der Waals surface area contributed by atoms with E-state index in [0.29, 0.717) is 10.7 Å². The Balaban J connectivity index is 2.32. The molecule has 2 aromatic rings. The number of nitrogens with two attached hydrogens (primary N) is 1. The molecule has 78 valence electrons. The van der Waals surface area contributed by atoms with E-state index in [0.717, 1.165) is 10.1 Å². The summed E-state index contributed by atoms with van der Waals surface area (Å²) < 4.78 is 1.82. The van der Waals surface area contributed by atoms with Crippen molar-refractivity contribution in [3.8, 4) is 0 Å². The number of nitrogen functional groups attached to an aromatic ring is 1. The highest BCUT2D eigenvalue weighted by molar-refractivity contribution is 7.99. The maximum absolute atomic E-state index is 5.89. The smallest absolute Gasteiger partial charge is 0.195 e. The molecule has 1 aromatic heterocycles. The van der Waals surface area contributed by atoms with E-state index in [9.17, 15) is 0 Å². The van der Waals surface area contributed by atoms with Crippen LogP contribution in [0.5, 0.6) is 0 Å². The van der Waals surface area contributed by atoms with Crippen LogP contribution >= 0.6 is 23.4 Å². The number of rotatable bonds is 2. The van der Waals surface area contributed by atoms with Crippen LogP contribution in [0.4, 0.5) is 5.69 Å². The SMILES string of the molecule is Cn1cnnc1Sc1cc(Cl)ccc1N. The average Bonchev–Trinajstić information content (AvgIpc) is 2.58. The summed E-state index contributed by atoms with van der Waals surface area (Å²) in [5.41, 5.74) is 6.51. The second-order valence-corrected chi connectivity index (χ2v) is 4.45. The van der Waals surface area contributed by atoms with Gasteiger partial charge in [0.25, 0.3) is 0 Å². The van der Waals surface area contributed by atoms with Gasteiger partial charge >= 0.3 is 0 Å². The van der Waals surface area contributed by atoms with Crippen molar-refractivity contribution in [2.24, 2.45) is 7.05 Å². The molecule has 0 saturated heterocycles. The first-order valence-electron chi connectivity index (χ1n) is 4.23. The van der Waals surface area contributed by atoms with Gasteiger partial charge in [0.15, 0.2) is 5.16 Å². The normalized spacial score (nSPS) is 10.5. The van der Waals surface area contributed by atoms with Gasteiger partial charge in [-0.3, -0.25) is 0 Å². The molecule has 0 amide bonds. The van der Waals surface area contributed by atoms with Crippen molar-refractivity contribution in [1.82, 2.24) is 14.8 Å². The topological polar surface area (TPSA) is 56.7 Å². The summed E-state index contributed by atoms with van der Waals surface area (Å²) in [6.07, 6.45) is 1.64. The van der Waals surface area contributed by atoms with Gasteiger partial charge < -0.3 is 10.3 Å². The van der Waals surface area contributed by atoms with Gasteiger partial charge in [-0.05, 0) is 30.0 Å². The molecule has 0 saturated carbocycles. The molecule has 0 radical (unpaired) electrons. The fourth-order valence-electron chi connectivity index (χ4n) is 1.06. The lowest BCUT2D eigenvalue weighted by molar-refractivity contribution is 0.789. The van der Waals surface area contributed by atoms with Crippen LogP contribution in [0.3, 0.4) is 0 Å². The van der Waals surface area contributed by atoms with Gasteiger partial charge in [0.2, 0.25) is 0 Å². The van der Waals surface area contributed by atoms with E-state index in [-0.39, 0.29) is 0 Å². The number of hydrogen-bond acceptors (Lipinski definition) is 4. The van der Waals surface area contributed by atoms with Crippen LogP contribution in [-0.2, 0) is 7.05 Å². The number of hydrogen-bond donors (Lipinski definition) is 1. The zero-order valence-electron chi connectivity index (χ0n) is 8.01. The Hall–Kier alpha value is -1.20. The highest BCUT2D eigenvalue weighted by Crippen LogP contribution is 2.32. The summed E-state index contributed by atoms with van der Waals surface area (Å²) >= 11 is 7.33. The zero-order valence-corrected chi connectivity index (χ0v) is 9.59. The molecule has 0 aliphatic rings. The monoisotopic (exact) mass is 240 g/mol. The third-order valence-corrected chi connectivity index (χ3v) is 3.21. The molecule has 0 aliphatic carbocycles. The summed E-state index contributed by atoms with van der Waals surface area (Å²) in [5.74, 6) is 0. The van der Waals surface area contributed by atoms with E-state index in [2.05, 4.69) is 10.2 Å². The predicted octanol–water partition coefficient (Wildman–Crippen LogP) is 2.20. The molecule has 1 heterocycles. The maximum atomic E-state index is 5.89. The second kappa shape index (κ2) is 4.12. The molecule has 0 aliphatic heterocycles. The van der Waals surface area contributed by atoms with Gasteiger partial charge in [0.1, 0.15) is 6.33 Å². The fraction of sp³-hybridized carbons (Fsp3) is 0.111. The first-order valence-corrected chi connectivity index (χ1v) is 5.43. The van der Waals surface area contributed by atoms with Crippen LogP contribution in [-0.4, -0.2) is 14.8 Å². The highest BCUT2D eigenvalue weighted by atomic mass is 35.5. The van der Waals surface area contributed by atoms with E-state index in [4.69, 9.17) is 17.3 Å². The molecule has 0 bridgehead atoms. The largest absolute Gasteiger partial charge is 0.398 e. The molecule has 0 unspecified atom stereocenters. The van der Waals surface area contributed by atoms with Crippen LogP contribution in [0.15, 0.2) is 34.6 Å². The Morgan fingerprint density at radius 1 is 1.47 bits per heavy atom. The van der Waals surface area contributed by atoms with Gasteiger partial charge in [-0.2, -0.15) is 0 Å². The first-order chi connectivity index (χ1) is 7.16. The number of aryl methyl sites for hydroxylation is 1. The quantitative estimate of drug-likeness (QED) is 0.818. The van der Waals surface area contributed by atoms with Crippen molar-refractivity contribution in [2.75, 3.05) is 5.73 Å². The van der Waals surface area contributed by atoms with E-state index in [1.54, 1.807) is 18.5 Å². The molecule has 0 atom stereocenters. The maximum Gasteiger partial charge on any atom is 0.195 e.